The summed E-state index contributed by atoms with van der Waals surface area (Å²) in [4.78, 5) is 28.8. The number of ether oxygens (including phenoxy) is 4. The van der Waals surface area contributed by atoms with Crippen LogP contribution >= 0.6 is 0 Å². The Hall–Kier alpha value is -3.49. The number of hydrogen-bond acceptors (Lipinski definition) is 6. The zero-order valence-corrected chi connectivity index (χ0v) is 20.7. The maximum absolute atomic E-state index is 13.5. The molecule has 1 aliphatic heterocycles. The Bertz CT molecular complexity index is 995. The summed E-state index contributed by atoms with van der Waals surface area (Å²) in [5.74, 6) is 0.249. The molecule has 0 N–H and O–H groups in total. The zero-order valence-electron chi connectivity index (χ0n) is 20.7. The molecule has 8 nitrogen and oxygen atoms in total. The molecule has 2 aromatic carbocycles. The monoisotopic (exact) mass is 488 g/mol. The Morgan fingerprint density at radius 2 is 1.77 bits per heavy atom. The van der Waals surface area contributed by atoms with Crippen LogP contribution in [0.25, 0.3) is 0 Å². The molecule has 0 spiro atoms. The fourth-order valence-electron chi connectivity index (χ4n) is 3.71. The predicted octanol–water partition coefficient (Wildman–Crippen LogP) is 4.86. The van der Waals surface area contributed by atoms with Gasteiger partial charge >= 0.3 is 12.2 Å². The summed E-state index contributed by atoms with van der Waals surface area (Å²) in [6.45, 7) is 6.72. The summed E-state index contributed by atoms with van der Waals surface area (Å²) in [7, 11) is 1.44. The third-order valence-corrected chi connectivity index (χ3v) is 5.41. The molecule has 9 heteroatoms. The molecule has 35 heavy (non-hydrogen) atoms. The van der Waals surface area contributed by atoms with Gasteiger partial charge in [0.2, 0.25) is 0 Å². The van der Waals surface area contributed by atoms with E-state index >= 15 is 0 Å². The van der Waals surface area contributed by atoms with Crippen LogP contribution in [0.1, 0.15) is 32.8 Å². The van der Waals surface area contributed by atoms with Crippen molar-refractivity contribution in [3.05, 3.63) is 59.9 Å². The van der Waals surface area contributed by atoms with Gasteiger partial charge in [-0.25, -0.2) is 14.0 Å². The lowest BCUT2D eigenvalue weighted by atomic mass is 10.1. The number of hydrogen-bond donors (Lipinski definition) is 0. The molecular weight excluding hydrogens is 455 g/mol. The molecule has 1 saturated heterocycles. The van der Waals surface area contributed by atoms with E-state index in [1.54, 1.807) is 30.6 Å². The molecule has 190 valence electrons. The number of nitrogens with zero attached hydrogens (tertiary/aromatic N) is 2. The van der Waals surface area contributed by atoms with Crippen molar-refractivity contribution in [2.75, 3.05) is 33.4 Å². The highest BCUT2D eigenvalue weighted by atomic mass is 19.1. The molecule has 1 aliphatic rings. The summed E-state index contributed by atoms with van der Waals surface area (Å²) >= 11 is 0. The number of rotatable bonds is 7. The Labute approximate surface area is 205 Å². The fourth-order valence-corrected chi connectivity index (χ4v) is 3.71. The molecule has 2 aromatic rings. The molecule has 1 fully saturated rings. The van der Waals surface area contributed by atoms with Gasteiger partial charge in [-0.3, -0.25) is 0 Å². The largest absolute Gasteiger partial charge is 0.493 e. The Morgan fingerprint density at radius 1 is 1.03 bits per heavy atom. The topological polar surface area (TPSA) is 77.5 Å². The van der Waals surface area contributed by atoms with E-state index in [0.29, 0.717) is 25.3 Å². The van der Waals surface area contributed by atoms with Crippen LogP contribution in [0.2, 0.25) is 0 Å². The smallest absolute Gasteiger partial charge is 0.410 e. The summed E-state index contributed by atoms with van der Waals surface area (Å²) in [6, 6.07) is 13.1. The standard InChI is InChI=1S/C26H33FN2O6/c1-26(2,3)35-25(31)29-14-13-28(24(30)34-18-19-8-6-5-7-9-19)17-21(29)12-15-33-22-11-10-20(27)16-23(22)32-4/h5-11,16,21H,12-15,17-18H2,1-4H3/t21-/m1/s1. The van der Waals surface area contributed by atoms with Gasteiger partial charge in [0.25, 0.3) is 0 Å². The first-order valence-corrected chi connectivity index (χ1v) is 11.6. The van der Waals surface area contributed by atoms with Crippen LogP contribution < -0.4 is 9.47 Å². The first kappa shape index (κ1) is 26.1. The first-order valence-electron chi connectivity index (χ1n) is 11.6. The molecule has 1 atom stereocenters. The second kappa shape index (κ2) is 11.8. The van der Waals surface area contributed by atoms with Gasteiger partial charge in [0.15, 0.2) is 11.5 Å². The third kappa shape index (κ3) is 7.77. The van der Waals surface area contributed by atoms with Crippen molar-refractivity contribution in [1.82, 2.24) is 9.80 Å². The summed E-state index contributed by atoms with van der Waals surface area (Å²) in [6.07, 6.45) is -0.467. The summed E-state index contributed by atoms with van der Waals surface area (Å²) in [5, 5.41) is 0. The highest BCUT2D eigenvalue weighted by Crippen LogP contribution is 2.28. The van der Waals surface area contributed by atoms with Gasteiger partial charge in [-0.15, -0.1) is 0 Å². The Kier molecular flexibility index (Phi) is 8.78. The molecule has 0 aliphatic carbocycles. The van der Waals surface area contributed by atoms with Crippen LogP contribution in [0.5, 0.6) is 11.5 Å². The quantitative estimate of drug-likeness (QED) is 0.554. The first-order chi connectivity index (χ1) is 16.7. The molecule has 0 unspecified atom stereocenters. The predicted molar refractivity (Wildman–Crippen MR) is 128 cm³/mol. The molecule has 3 rings (SSSR count). The van der Waals surface area contributed by atoms with E-state index in [4.69, 9.17) is 18.9 Å². The molecule has 0 aromatic heterocycles. The number of piperazine rings is 1. The lowest BCUT2D eigenvalue weighted by Crippen LogP contribution is -2.57. The fraction of sp³-hybridized carbons (Fsp3) is 0.462. The van der Waals surface area contributed by atoms with E-state index in [2.05, 4.69) is 0 Å². The van der Waals surface area contributed by atoms with Gasteiger partial charge in [-0.2, -0.15) is 0 Å². The van der Waals surface area contributed by atoms with E-state index in [0.717, 1.165) is 5.56 Å². The number of amides is 2. The van der Waals surface area contributed by atoms with Gasteiger partial charge < -0.3 is 28.7 Å². The number of halogens is 1. The van der Waals surface area contributed by atoms with Crippen LogP contribution in [0.4, 0.5) is 14.0 Å². The molecule has 1 heterocycles. The van der Waals surface area contributed by atoms with Gasteiger partial charge in [-0.1, -0.05) is 30.3 Å². The minimum atomic E-state index is -0.647. The zero-order chi connectivity index (χ0) is 25.4. The second-order valence-electron chi connectivity index (χ2n) is 9.25. The van der Waals surface area contributed by atoms with Crippen LogP contribution in [-0.4, -0.2) is 67.0 Å². The minimum absolute atomic E-state index is 0.171. The van der Waals surface area contributed by atoms with E-state index < -0.39 is 23.6 Å². The van der Waals surface area contributed by atoms with Crippen molar-refractivity contribution >= 4 is 12.2 Å². The minimum Gasteiger partial charge on any atom is -0.493 e. The van der Waals surface area contributed by atoms with Crippen molar-refractivity contribution in [1.29, 1.82) is 0 Å². The van der Waals surface area contributed by atoms with Gasteiger partial charge in [0, 0.05) is 32.1 Å². The van der Waals surface area contributed by atoms with Crippen LogP contribution in [0.3, 0.4) is 0 Å². The van der Waals surface area contributed by atoms with Crippen LogP contribution in [-0.2, 0) is 16.1 Å². The van der Waals surface area contributed by atoms with Crippen molar-refractivity contribution in [2.24, 2.45) is 0 Å². The van der Waals surface area contributed by atoms with E-state index in [1.807, 2.05) is 30.3 Å². The average Bonchev–Trinajstić information content (AvgIpc) is 2.82. The number of carbonyl (C=O) groups excluding carboxylic acids is 2. The van der Waals surface area contributed by atoms with Crippen molar-refractivity contribution < 1.29 is 32.9 Å². The van der Waals surface area contributed by atoms with Crippen molar-refractivity contribution in [3.63, 3.8) is 0 Å². The summed E-state index contributed by atoms with van der Waals surface area (Å²) < 4.78 is 35.5. The summed E-state index contributed by atoms with van der Waals surface area (Å²) in [5.41, 5.74) is 0.247. The van der Waals surface area contributed by atoms with E-state index in [9.17, 15) is 14.0 Å². The lowest BCUT2D eigenvalue weighted by molar-refractivity contribution is -0.00618. The van der Waals surface area contributed by atoms with Crippen LogP contribution in [0, 0.1) is 5.82 Å². The average molecular weight is 489 g/mol. The number of methoxy groups -OCH3 is 1. The number of benzene rings is 2. The maximum atomic E-state index is 13.5. The van der Waals surface area contributed by atoms with E-state index in [1.165, 1.54) is 25.3 Å². The van der Waals surface area contributed by atoms with Crippen molar-refractivity contribution in [2.45, 2.75) is 45.4 Å². The molecule has 0 saturated carbocycles. The van der Waals surface area contributed by atoms with Gasteiger partial charge in [-0.05, 0) is 38.5 Å². The lowest BCUT2D eigenvalue weighted by Gasteiger charge is -2.41. The normalized spacial score (nSPS) is 16.0. The third-order valence-electron chi connectivity index (χ3n) is 5.41. The van der Waals surface area contributed by atoms with Gasteiger partial charge in [0.05, 0.1) is 19.8 Å². The molecule has 0 bridgehead atoms. The highest BCUT2D eigenvalue weighted by Gasteiger charge is 2.35. The Morgan fingerprint density at radius 3 is 2.46 bits per heavy atom. The second-order valence-corrected chi connectivity index (χ2v) is 9.25. The van der Waals surface area contributed by atoms with Crippen LogP contribution in [0.15, 0.2) is 48.5 Å². The Balaban J connectivity index is 1.64. The molecule has 0 radical (unpaired) electrons. The van der Waals surface area contributed by atoms with Gasteiger partial charge in [0.1, 0.15) is 18.0 Å². The van der Waals surface area contributed by atoms with E-state index in [-0.39, 0.29) is 31.5 Å². The molecule has 2 amide bonds. The van der Waals surface area contributed by atoms with Crippen molar-refractivity contribution in [3.8, 4) is 11.5 Å². The maximum Gasteiger partial charge on any atom is 0.410 e. The molecular formula is C26H33FN2O6. The highest BCUT2D eigenvalue weighted by molar-refractivity contribution is 5.71. The SMILES string of the molecule is COc1cc(F)ccc1OCC[C@@H]1CN(C(=O)OCc2ccccc2)CCN1C(=O)OC(C)(C)C. The number of carbonyl (C=O) groups is 2.